The minimum absolute atomic E-state index is 0.171. The van der Waals surface area contributed by atoms with Gasteiger partial charge in [0, 0.05) is 0 Å². The van der Waals surface area contributed by atoms with Crippen molar-refractivity contribution in [3.63, 3.8) is 0 Å². The van der Waals surface area contributed by atoms with E-state index in [1.807, 2.05) is 38.1 Å². The average Bonchev–Trinajstić information content (AvgIpc) is 2.61. The number of rotatable bonds is 7. The molecule has 2 aromatic rings. The monoisotopic (exact) mass is 326 g/mol. The van der Waals surface area contributed by atoms with Gasteiger partial charge < -0.3 is 9.47 Å². The Bertz CT molecular complexity index is 706. The Morgan fingerprint density at radius 2 is 1.46 bits per heavy atom. The first-order valence-corrected chi connectivity index (χ1v) is 8.11. The van der Waals surface area contributed by atoms with Crippen molar-refractivity contribution in [2.75, 3.05) is 6.61 Å². The van der Waals surface area contributed by atoms with Crippen LogP contribution in [0.5, 0.6) is 0 Å². The second-order valence-electron chi connectivity index (χ2n) is 5.54. The zero-order valence-corrected chi connectivity index (χ0v) is 14.1. The molecule has 0 atom stereocenters. The van der Waals surface area contributed by atoms with E-state index in [2.05, 4.69) is 0 Å². The Morgan fingerprint density at radius 3 is 2.08 bits per heavy atom. The van der Waals surface area contributed by atoms with E-state index in [4.69, 9.17) is 9.47 Å². The highest BCUT2D eigenvalue weighted by molar-refractivity contribution is 6.03. The van der Waals surface area contributed by atoms with Gasteiger partial charge in [-0.15, -0.1) is 0 Å². The highest BCUT2D eigenvalue weighted by Crippen LogP contribution is 2.15. The standard InChI is InChI=1S/C20H22O4/c1-3-4-13-23-19(21)17-11-7-8-12-18(17)20(22)24-14-16-10-6-5-9-15(16)2/h5-12H,3-4,13-14H2,1-2H3. The van der Waals surface area contributed by atoms with Crippen molar-refractivity contribution < 1.29 is 19.1 Å². The number of unbranched alkanes of at least 4 members (excludes halogenated alkanes) is 1. The number of ether oxygens (including phenoxy) is 2. The van der Waals surface area contributed by atoms with Crippen molar-refractivity contribution in [3.8, 4) is 0 Å². The van der Waals surface area contributed by atoms with E-state index in [1.54, 1.807) is 24.3 Å². The number of aryl methyl sites for hydroxylation is 1. The second kappa shape index (κ2) is 8.87. The summed E-state index contributed by atoms with van der Waals surface area (Å²) in [4.78, 5) is 24.5. The molecule has 4 nitrogen and oxygen atoms in total. The molecule has 0 saturated carbocycles. The normalized spacial score (nSPS) is 10.2. The maximum Gasteiger partial charge on any atom is 0.339 e. The smallest absolute Gasteiger partial charge is 0.339 e. The summed E-state index contributed by atoms with van der Waals surface area (Å²) in [6.45, 7) is 4.50. The third-order valence-electron chi connectivity index (χ3n) is 3.72. The summed E-state index contributed by atoms with van der Waals surface area (Å²) in [7, 11) is 0. The summed E-state index contributed by atoms with van der Waals surface area (Å²) in [6.07, 6.45) is 1.74. The predicted octanol–water partition coefficient (Wildman–Crippen LogP) is 4.31. The number of carbonyl (C=O) groups excluding carboxylic acids is 2. The summed E-state index contributed by atoms with van der Waals surface area (Å²) >= 11 is 0. The fourth-order valence-electron chi connectivity index (χ4n) is 2.22. The Hall–Kier alpha value is -2.62. The number of carbonyl (C=O) groups is 2. The molecule has 0 fully saturated rings. The van der Waals surface area contributed by atoms with Gasteiger partial charge >= 0.3 is 11.9 Å². The molecule has 0 heterocycles. The SMILES string of the molecule is CCCCOC(=O)c1ccccc1C(=O)OCc1ccccc1C. The lowest BCUT2D eigenvalue weighted by Gasteiger charge is -2.10. The summed E-state index contributed by atoms with van der Waals surface area (Å²) in [5.74, 6) is -1.02. The Morgan fingerprint density at radius 1 is 0.875 bits per heavy atom. The molecule has 0 aromatic heterocycles. The molecule has 0 N–H and O–H groups in total. The molecule has 0 bridgehead atoms. The van der Waals surface area contributed by atoms with Crippen molar-refractivity contribution in [3.05, 3.63) is 70.8 Å². The Labute approximate surface area is 142 Å². The van der Waals surface area contributed by atoms with Crippen LogP contribution in [0.1, 0.15) is 51.6 Å². The van der Waals surface area contributed by atoms with Gasteiger partial charge in [-0.3, -0.25) is 0 Å². The molecular weight excluding hydrogens is 304 g/mol. The van der Waals surface area contributed by atoms with Crippen LogP contribution in [0.4, 0.5) is 0 Å². The van der Waals surface area contributed by atoms with Crippen LogP contribution in [-0.4, -0.2) is 18.5 Å². The summed E-state index contributed by atoms with van der Waals surface area (Å²) in [5, 5.41) is 0. The van der Waals surface area contributed by atoms with Gasteiger partial charge in [-0.25, -0.2) is 9.59 Å². The number of esters is 2. The van der Waals surface area contributed by atoms with E-state index < -0.39 is 11.9 Å². The average molecular weight is 326 g/mol. The third kappa shape index (κ3) is 4.69. The molecular formula is C20H22O4. The van der Waals surface area contributed by atoms with Crippen molar-refractivity contribution >= 4 is 11.9 Å². The van der Waals surface area contributed by atoms with Crippen LogP contribution >= 0.6 is 0 Å². The van der Waals surface area contributed by atoms with Gasteiger partial charge in [-0.2, -0.15) is 0 Å². The van der Waals surface area contributed by atoms with Crippen molar-refractivity contribution in [1.82, 2.24) is 0 Å². The lowest BCUT2D eigenvalue weighted by molar-refractivity contribution is 0.0436. The number of benzene rings is 2. The Kier molecular flexibility index (Phi) is 6.55. The first-order valence-electron chi connectivity index (χ1n) is 8.11. The van der Waals surface area contributed by atoms with Crippen LogP contribution < -0.4 is 0 Å². The van der Waals surface area contributed by atoms with Crippen LogP contribution in [0.3, 0.4) is 0 Å². The van der Waals surface area contributed by atoms with Gasteiger partial charge in [0.1, 0.15) is 6.61 Å². The van der Waals surface area contributed by atoms with Crippen molar-refractivity contribution in [1.29, 1.82) is 0 Å². The van der Waals surface area contributed by atoms with Gasteiger partial charge in [0.2, 0.25) is 0 Å². The zero-order valence-electron chi connectivity index (χ0n) is 14.1. The topological polar surface area (TPSA) is 52.6 Å². The maximum atomic E-state index is 12.4. The maximum absolute atomic E-state index is 12.4. The van der Waals surface area contributed by atoms with Gasteiger partial charge in [0.15, 0.2) is 0 Å². The van der Waals surface area contributed by atoms with E-state index in [9.17, 15) is 9.59 Å². The quantitative estimate of drug-likeness (QED) is 0.562. The molecule has 0 unspecified atom stereocenters. The minimum Gasteiger partial charge on any atom is -0.462 e. The van der Waals surface area contributed by atoms with E-state index in [0.717, 1.165) is 24.0 Å². The lowest BCUT2D eigenvalue weighted by atomic mass is 10.1. The van der Waals surface area contributed by atoms with Gasteiger partial charge in [-0.05, 0) is 36.6 Å². The third-order valence-corrected chi connectivity index (χ3v) is 3.72. The highest BCUT2D eigenvalue weighted by Gasteiger charge is 2.19. The van der Waals surface area contributed by atoms with Crippen molar-refractivity contribution in [2.24, 2.45) is 0 Å². The largest absolute Gasteiger partial charge is 0.462 e. The van der Waals surface area contributed by atoms with Crippen LogP contribution in [0.2, 0.25) is 0 Å². The highest BCUT2D eigenvalue weighted by atomic mass is 16.5. The second-order valence-corrected chi connectivity index (χ2v) is 5.54. The molecule has 126 valence electrons. The van der Waals surface area contributed by atoms with Crippen LogP contribution in [-0.2, 0) is 16.1 Å². The van der Waals surface area contributed by atoms with Gasteiger partial charge in [0.05, 0.1) is 17.7 Å². The first kappa shape index (κ1) is 17.7. The van der Waals surface area contributed by atoms with E-state index in [0.29, 0.717) is 6.61 Å². The molecule has 0 radical (unpaired) electrons. The summed E-state index contributed by atoms with van der Waals surface area (Å²) in [5.41, 5.74) is 2.46. The molecule has 0 amide bonds. The van der Waals surface area contributed by atoms with Crippen LogP contribution in [0.25, 0.3) is 0 Å². The molecule has 4 heteroatoms. The minimum atomic E-state index is -0.527. The molecule has 2 aromatic carbocycles. The van der Waals surface area contributed by atoms with E-state index >= 15 is 0 Å². The summed E-state index contributed by atoms with van der Waals surface area (Å²) < 4.78 is 10.6. The molecule has 0 spiro atoms. The van der Waals surface area contributed by atoms with E-state index in [1.165, 1.54) is 0 Å². The molecule has 2 rings (SSSR count). The Balaban J connectivity index is 2.06. The first-order chi connectivity index (χ1) is 11.6. The van der Waals surface area contributed by atoms with Crippen LogP contribution in [0.15, 0.2) is 48.5 Å². The lowest BCUT2D eigenvalue weighted by Crippen LogP contribution is -2.14. The fraction of sp³-hybridized carbons (Fsp3) is 0.300. The fourth-order valence-corrected chi connectivity index (χ4v) is 2.22. The number of hydrogen-bond acceptors (Lipinski definition) is 4. The van der Waals surface area contributed by atoms with Gasteiger partial charge in [0.25, 0.3) is 0 Å². The van der Waals surface area contributed by atoms with Crippen molar-refractivity contribution in [2.45, 2.75) is 33.3 Å². The number of hydrogen-bond donors (Lipinski definition) is 0. The molecule has 0 saturated heterocycles. The van der Waals surface area contributed by atoms with E-state index in [-0.39, 0.29) is 17.7 Å². The molecule has 0 aliphatic carbocycles. The molecule has 0 aliphatic heterocycles. The van der Waals surface area contributed by atoms with Crippen LogP contribution in [0, 0.1) is 6.92 Å². The molecule has 0 aliphatic rings. The molecule has 24 heavy (non-hydrogen) atoms. The summed E-state index contributed by atoms with van der Waals surface area (Å²) in [6, 6.07) is 14.3. The van der Waals surface area contributed by atoms with Gasteiger partial charge in [-0.1, -0.05) is 49.7 Å². The zero-order chi connectivity index (χ0) is 17.4. The predicted molar refractivity (Wildman–Crippen MR) is 91.9 cm³/mol.